The molecule has 0 radical (unpaired) electrons. The van der Waals surface area contributed by atoms with E-state index in [0.717, 1.165) is 57.8 Å². The minimum atomic E-state index is -4.57. The van der Waals surface area contributed by atoms with Gasteiger partial charge in [-0.15, -0.1) is 0 Å². The van der Waals surface area contributed by atoms with E-state index in [9.17, 15) is 19.4 Å². The van der Waals surface area contributed by atoms with Crippen molar-refractivity contribution in [2.45, 2.75) is 180 Å². The summed E-state index contributed by atoms with van der Waals surface area (Å²) in [7, 11) is 1.26. The smallest absolute Gasteiger partial charge is 0.306 e. The van der Waals surface area contributed by atoms with Gasteiger partial charge in [0.25, 0.3) is 7.82 Å². The molecule has 56 heavy (non-hydrogen) atoms. The summed E-state index contributed by atoms with van der Waals surface area (Å²) in [6.07, 6.45) is 45.4. The normalized spacial score (nSPS) is 14.8. The van der Waals surface area contributed by atoms with Crippen molar-refractivity contribution >= 4 is 13.8 Å². The van der Waals surface area contributed by atoms with Gasteiger partial charge in [-0.25, -0.2) is 0 Å². The molecule has 0 bridgehead atoms. The number of ether oxygens (including phenoxy) is 2. The lowest BCUT2D eigenvalue weighted by Crippen LogP contribution is -2.37. The van der Waals surface area contributed by atoms with Gasteiger partial charge in [0.2, 0.25) is 0 Å². The van der Waals surface area contributed by atoms with Crippen LogP contribution in [0.15, 0.2) is 60.9 Å². The first kappa shape index (κ1) is 54.0. The number of aliphatic hydroxyl groups is 1. The van der Waals surface area contributed by atoms with E-state index < -0.39 is 19.9 Å². The van der Waals surface area contributed by atoms with Crippen molar-refractivity contribution in [2.24, 2.45) is 0 Å². The van der Waals surface area contributed by atoms with Crippen LogP contribution in [-0.2, 0) is 27.9 Å². The van der Waals surface area contributed by atoms with E-state index in [0.29, 0.717) is 17.4 Å². The second-order valence-corrected chi connectivity index (χ2v) is 17.4. The second kappa shape index (κ2) is 38.5. The minimum Gasteiger partial charge on any atom is -0.756 e. The Kier molecular flexibility index (Phi) is 37.1. The molecule has 0 saturated carbocycles. The Hall–Kier alpha value is -2.00. The number of hydrogen-bond acceptors (Lipinski definition) is 8. The fraction of sp³-hybridized carbons (Fsp3) is 0.761. The molecule has 0 saturated heterocycles. The highest BCUT2D eigenvalue weighted by atomic mass is 31.2. The van der Waals surface area contributed by atoms with Crippen LogP contribution in [0.3, 0.4) is 0 Å². The summed E-state index contributed by atoms with van der Waals surface area (Å²) in [5.41, 5.74) is 0. The number of quaternary nitrogens is 1. The van der Waals surface area contributed by atoms with E-state index in [-0.39, 0.29) is 32.3 Å². The highest BCUT2D eigenvalue weighted by molar-refractivity contribution is 7.45. The molecule has 0 aromatic rings. The van der Waals surface area contributed by atoms with Crippen LogP contribution in [0.4, 0.5) is 0 Å². The minimum absolute atomic E-state index is 0.00224. The summed E-state index contributed by atoms with van der Waals surface area (Å²) in [5.74, 6) is -0.424. The van der Waals surface area contributed by atoms with Crippen LogP contribution in [0.2, 0.25) is 0 Å². The summed E-state index contributed by atoms with van der Waals surface area (Å²) < 4.78 is 34.2. The molecule has 0 heterocycles. The Morgan fingerprint density at radius 2 is 1.18 bits per heavy atom. The molecule has 326 valence electrons. The van der Waals surface area contributed by atoms with Gasteiger partial charge in [-0.1, -0.05) is 152 Å². The lowest BCUT2D eigenvalue weighted by atomic mass is 10.0. The lowest BCUT2D eigenvalue weighted by Gasteiger charge is -2.28. The average molecular weight is 810 g/mol. The number of phosphoric ester groups is 1. The number of hydrogen-bond donors (Lipinski definition) is 1. The van der Waals surface area contributed by atoms with Crippen LogP contribution in [0.25, 0.3) is 0 Å². The fourth-order valence-corrected chi connectivity index (χ4v) is 6.48. The maximum absolute atomic E-state index is 12.6. The van der Waals surface area contributed by atoms with Crippen LogP contribution < -0.4 is 4.89 Å². The Morgan fingerprint density at radius 3 is 1.73 bits per heavy atom. The summed E-state index contributed by atoms with van der Waals surface area (Å²) in [5, 5.41) is 9.74. The standard InChI is InChI=1S/C46H84NO8P/c1-6-8-9-10-11-12-13-14-15-16-20-23-26-29-32-35-40-52-42-45(43-54-56(50,51)53-41-39-47(3,4)5)55-46(49)38-34-31-28-25-22-19-17-18-21-24-27-30-33-37-44(48)36-7-2/h17,19,21,24-25,28,30,33,35,40,44-45,48H,6-16,18,20,22-23,26-27,29,31-32,34,36-39,41-43H2,1-5H3/b19-17-,24-21-,28-25-,33-30-,40-35+/t44?,45-/m1/s1. The van der Waals surface area contributed by atoms with Crippen LogP contribution in [0.5, 0.6) is 0 Å². The molecule has 9 nitrogen and oxygen atoms in total. The zero-order valence-corrected chi connectivity index (χ0v) is 37.3. The maximum Gasteiger partial charge on any atom is 0.306 e. The van der Waals surface area contributed by atoms with Gasteiger partial charge in [-0.2, -0.15) is 0 Å². The number of rotatable bonds is 40. The summed E-state index contributed by atoms with van der Waals surface area (Å²) in [4.78, 5) is 25.0. The number of aliphatic hydroxyl groups excluding tert-OH is 1. The predicted molar refractivity (Wildman–Crippen MR) is 232 cm³/mol. The molecule has 0 aliphatic rings. The SMILES string of the molecule is CCCCCCCCCCCCCCCC/C=C/OC[C@H](COP(=O)([O-])OCC[N+](C)(C)C)OC(=O)CCC/C=C\C/C=C\C/C=C\C/C=C\CC(O)CCC. The average Bonchev–Trinajstić information content (AvgIpc) is 3.14. The van der Waals surface area contributed by atoms with Crippen molar-refractivity contribution in [2.75, 3.05) is 47.5 Å². The molecule has 0 rings (SSSR count). The van der Waals surface area contributed by atoms with E-state index >= 15 is 0 Å². The van der Waals surface area contributed by atoms with Crippen LogP contribution in [0, 0.1) is 0 Å². The van der Waals surface area contributed by atoms with Gasteiger partial charge >= 0.3 is 5.97 Å². The van der Waals surface area contributed by atoms with E-state index in [1.807, 2.05) is 33.3 Å². The Balaban J connectivity index is 4.41. The van der Waals surface area contributed by atoms with Crippen molar-refractivity contribution in [3.8, 4) is 0 Å². The van der Waals surface area contributed by atoms with Gasteiger partial charge in [0.05, 0.1) is 40.1 Å². The summed E-state index contributed by atoms with van der Waals surface area (Å²) >= 11 is 0. The third-order valence-corrected chi connectivity index (χ3v) is 10.2. The largest absolute Gasteiger partial charge is 0.756 e. The molecule has 0 aromatic heterocycles. The monoisotopic (exact) mass is 810 g/mol. The molecule has 1 N–H and O–H groups in total. The number of unbranched alkanes of at least 4 members (excludes halogenated alkanes) is 15. The molecule has 10 heteroatoms. The quantitative estimate of drug-likeness (QED) is 0.0162. The third-order valence-electron chi connectivity index (χ3n) is 9.19. The van der Waals surface area contributed by atoms with Gasteiger partial charge < -0.3 is 33.0 Å². The van der Waals surface area contributed by atoms with E-state index in [2.05, 4.69) is 56.4 Å². The molecule has 2 unspecified atom stereocenters. The zero-order valence-electron chi connectivity index (χ0n) is 36.4. The molecule has 0 aromatic carbocycles. The maximum atomic E-state index is 12.6. The molecular formula is C46H84NO8P. The number of esters is 1. The van der Waals surface area contributed by atoms with Gasteiger partial charge in [-0.05, 0) is 63.9 Å². The van der Waals surface area contributed by atoms with Gasteiger partial charge in [0.15, 0.2) is 6.10 Å². The number of nitrogens with zero attached hydrogens (tertiary/aromatic N) is 1. The third kappa shape index (κ3) is 41.6. The lowest BCUT2D eigenvalue weighted by molar-refractivity contribution is -0.870. The highest BCUT2D eigenvalue weighted by Crippen LogP contribution is 2.38. The van der Waals surface area contributed by atoms with E-state index in [1.165, 1.54) is 83.5 Å². The van der Waals surface area contributed by atoms with Gasteiger partial charge in [-0.3, -0.25) is 9.36 Å². The first-order valence-electron chi connectivity index (χ1n) is 22.1. The number of phosphoric acid groups is 1. The Morgan fingerprint density at radius 1 is 0.661 bits per heavy atom. The summed E-state index contributed by atoms with van der Waals surface area (Å²) in [6.45, 7) is 4.45. The topological polar surface area (TPSA) is 114 Å². The van der Waals surface area contributed by atoms with Crippen molar-refractivity contribution in [1.29, 1.82) is 0 Å². The Labute approximate surface area is 343 Å². The van der Waals surface area contributed by atoms with Crippen LogP contribution in [0.1, 0.15) is 168 Å². The number of allylic oxidation sites excluding steroid dienone is 8. The van der Waals surface area contributed by atoms with Gasteiger partial charge in [0, 0.05) is 6.42 Å². The number of carbonyl (C=O) groups excluding carboxylic acids is 1. The van der Waals surface area contributed by atoms with Crippen molar-refractivity contribution in [3.63, 3.8) is 0 Å². The molecule has 0 spiro atoms. The van der Waals surface area contributed by atoms with Crippen LogP contribution in [-0.4, -0.2) is 75.3 Å². The molecule has 0 amide bonds. The molecule has 3 atom stereocenters. The fourth-order valence-electron chi connectivity index (χ4n) is 5.75. The molecule has 0 fully saturated rings. The molecule has 0 aliphatic heterocycles. The molecular weight excluding hydrogens is 725 g/mol. The Bertz CT molecular complexity index is 1100. The first-order valence-corrected chi connectivity index (χ1v) is 23.6. The van der Waals surface area contributed by atoms with Crippen molar-refractivity contribution in [3.05, 3.63) is 60.9 Å². The van der Waals surface area contributed by atoms with Gasteiger partial charge in [0.1, 0.15) is 19.8 Å². The molecule has 0 aliphatic carbocycles. The summed E-state index contributed by atoms with van der Waals surface area (Å²) in [6, 6.07) is 0. The predicted octanol–water partition coefficient (Wildman–Crippen LogP) is 11.6. The second-order valence-electron chi connectivity index (χ2n) is 16.0. The van der Waals surface area contributed by atoms with E-state index in [4.69, 9.17) is 18.5 Å². The number of likely N-dealkylation sites (N-methyl/N-ethyl adjacent to an activating group) is 1. The van der Waals surface area contributed by atoms with E-state index in [1.54, 1.807) is 6.26 Å². The highest BCUT2D eigenvalue weighted by Gasteiger charge is 2.20. The van der Waals surface area contributed by atoms with Crippen LogP contribution >= 0.6 is 7.82 Å². The number of carbonyl (C=O) groups is 1. The van der Waals surface area contributed by atoms with Crippen molar-refractivity contribution in [1.82, 2.24) is 0 Å². The first-order chi connectivity index (χ1) is 27.0. The van der Waals surface area contributed by atoms with Crippen molar-refractivity contribution < 1.29 is 42.4 Å². The zero-order chi connectivity index (χ0) is 41.4.